The minimum atomic E-state index is 0.0617. The van der Waals surface area contributed by atoms with Gasteiger partial charge < -0.3 is 10.2 Å². The molecule has 1 aliphatic heterocycles. The van der Waals surface area contributed by atoms with E-state index in [1.54, 1.807) is 0 Å². The molecule has 0 saturated heterocycles. The van der Waals surface area contributed by atoms with Crippen molar-refractivity contribution in [2.45, 2.75) is 6.42 Å². The normalized spacial score (nSPS) is 13.7. The number of hydrogen-bond acceptors (Lipinski definition) is 3. The Bertz CT molecular complexity index is 912. The lowest BCUT2D eigenvalue weighted by molar-refractivity contribution is 0.454. The van der Waals surface area contributed by atoms with Crippen molar-refractivity contribution in [2.24, 2.45) is 4.99 Å². The van der Waals surface area contributed by atoms with E-state index in [0.29, 0.717) is 12.1 Å². The van der Waals surface area contributed by atoms with Gasteiger partial charge in [0.25, 0.3) is 0 Å². The van der Waals surface area contributed by atoms with E-state index in [2.05, 4.69) is 11.1 Å². The van der Waals surface area contributed by atoms with Gasteiger partial charge in [-0.15, -0.1) is 0 Å². The van der Waals surface area contributed by atoms with Gasteiger partial charge in [-0.25, -0.2) is 0 Å². The Morgan fingerprint density at radius 1 is 0.818 bits per heavy atom. The molecular weight excluding hydrogens is 274 g/mol. The molecule has 0 aromatic heterocycles. The Kier molecular flexibility index (Phi) is 2.86. The number of phenols is 2. The van der Waals surface area contributed by atoms with Crippen LogP contribution in [0.2, 0.25) is 0 Å². The minimum Gasteiger partial charge on any atom is -0.507 e. The molecule has 0 unspecified atom stereocenters. The Hall–Kier alpha value is -2.81. The maximum absolute atomic E-state index is 10.4. The molecule has 3 nitrogen and oxygen atoms in total. The molecule has 108 valence electrons. The molecular formula is C19H15NO2. The first kappa shape index (κ1) is 12.9. The maximum Gasteiger partial charge on any atom is 0.129 e. The standard InChI is InChI=1S/C19H15NO2/c21-16-11-17(22)18(15-8-4-3-7-14(15)16)19-13-6-2-1-5-12(13)9-10-20-19/h1-8,11,21-22H,9-10H2. The van der Waals surface area contributed by atoms with Gasteiger partial charge in [-0.05, 0) is 17.4 Å². The molecule has 0 radical (unpaired) electrons. The van der Waals surface area contributed by atoms with Crippen molar-refractivity contribution in [3.8, 4) is 11.5 Å². The van der Waals surface area contributed by atoms with E-state index >= 15 is 0 Å². The first-order valence-corrected chi connectivity index (χ1v) is 7.32. The van der Waals surface area contributed by atoms with Gasteiger partial charge in [-0.3, -0.25) is 4.99 Å². The van der Waals surface area contributed by atoms with Crippen LogP contribution >= 0.6 is 0 Å². The Balaban J connectivity index is 2.05. The lowest BCUT2D eigenvalue weighted by Crippen LogP contribution is -2.14. The summed E-state index contributed by atoms with van der Waals surface area (Å²) in [6.45, 7) is 0.709. The molecule has 0 saturated carbocycles. The zero-order valence-corrected chi connectivity index (χ0v) is 12.0. The van der Waals surface area contributed by atoms with Gasteiger partial charge in [0.2, 0.25) is 0 Å². The highest BCUT2D eigenvalue weighted by molar-refractivity contribution is 6.22. The highest BCUT2D eigenvalue weighted by atomic mass is 16.3. The van der Waals surface area contributed by atoms with Gasteiger partial charge in [0.1, 0.15) is 11.5 Å². The number of nitrogens with zero attached hydrogens (tertiary/aromatic N) is 1. The van der Waals surface area contributed by atoms with E-state index in [1.165, 1.54) is 11.6 Å². The van der Waals surface area contributed by atoms with Crippen molar-refractivity contribution in [1.29, 1.82) is 0 Å². The van der Waals surface area contributed by atoms with Crippen LogP contribution in [-0.4, -0.2) is 22.5 Å². The topological polar surface area (TPSA) is 52.8 Å². The second-order valence-corrected chi connectivity index (χ2v) is 5.47. The zero-order chi connectivity index (χ0) is 15.1. The number of aromatic hydroxyl groups is 2. The Morgan fingerprint density at radius 3 is 2.41 bits per heavy atom. The van der Waals surface area contributed by atoms with E-state index in [1.807, 2.05) is 42.5 Å². The maximum atomic E-state index is 10.4. The SMILES string of the molecule is Oc1cc(O)c2ccccc2c1C1=NCCc2ccccc21. The average Bonchev–Trinajstić information content (AvgIpc) is 2.55. The smallest absolute Gasteiger partial charge is 0.129 e. The minimum absolute atomic E-state index is 0.0617. The number of aliphatic imine (C=N–C) groups is 1. The molecule has 0 spiro atoms. The zero-order valence-electron chi connectivity index (χ0n) is 12.0. The van der Waals surface area contributed by atoms with E-state index < -0.39 is 0 Å². The summed E-state index contributed by atoms with van der Waals surface area (Å²) >= 11 is 0. The van der Waals surface area contributed by atoms with Gasteiger partial charge in [-0.1, -0.05) is 48.5 Å². The fraction of sp³-hybridized carbons (Fsp3) is 0.105. The van der Waals surface area contributed by atoms with Crippen LogP contribution in [0.15, 0.2) is 59.6 Å². The first-order chi connectivity index (χ1) is 10.8. The van der Waals surface area contributed by atoms with Crippen molar-refractivity contribution in [3.63, 3.8) is 0 Å². The monoisotopic (exact) mass is 289 g/mol. The molecule has 3 heteroatoms. The first-order valence-electron chi connectivity index (χ1n) is 7.32. The third kappa shape index (κ3) is 1.86. The highest BCUT2D eigenvalue weighted by Gasteiger charge is 2.21. The van der Waals surface area contributed by atoms with E-state index in [9.17, 15) is 10.2 Å². The Morgan fingerprint density at radius 2 is 1.55 bits per heavy atom. The summed E-state index contributed by atoms with van der Waals surface area (Å²) in [5.74, 6) is 0.146. The molecule has 3 aromatic carbocycles. The van der Waals surface area contributed by atoms with Crippen molar-refractivity contribution in [3.05, 3.63) is 71.3 Å². The van der Waals surface area contributed by atoms with E-state index in [0.717, 1.165) is 28.5 Å². The van der Waals surface area contributed by atoms with Crippen molar-refractivity contribution < 1.29 is 10.2 Å². The third-order valence-corrected chi connectivity index (χ3v) is 4.16. The fourth-order valence-corrected chi connectivity index (χ4v) is 3.15. The Labute approximate surface area is 128 Å². The van der Waals surface area contributed by atoms with Crippen molar-refractivity contribution in [1.82, 2.24) is 0 Å². The molecule has 0 fully saturated rings. The van der Waals surface area contributed by atoms with Crippen LogP contribution in [-0.2, 0) is 6.42 Å². The van der Waals surface area contributed by atoms with Crippen LogP contribution in [0.4, 0.5) is 0 Å². The molecule has 22 heavy (non-hydrogen) atoms. The molecule has 0 amide bonds. The van der Waals surface area contributed by atoms with Gasteiger partial charge in [-0.2, -0.15) is 0 Å². The van der Waals surface area contributed by atoms with Crippen LogP contribution in [0, 0.1) is 0 Å². The summed E-state index contributed by atoms with van der Waals surface area (Å²) in [6, 6.07) is 17.1. The molecule has 0 aliphatic carbocycles. The molecule has 4 rings (SSSR count). The fourth-order valence-electron chi connectivity index (χ4n) is 3.15. The summed E-state index contributed by atoms with van der Waals surface area (Å²) in [4.78, 5) is 4.66. The second-order valence-electron chi connectivity index (χ2n) is 5.47. The summed E-state index contributed by atoms with van der Waals surface area (Å²) in [5, 5.41) is 22.0. The number of fused-ring (bicyclic) bond motifs is 2. The van der Waals surface area contributed by atoms with Crippen LogP contribution < -0.4 is 0 Å². The molecule has 2 N–H and O–H groups in total. The van der Waals surface area contributed by atoms with Gasteiger partial charge in [0.15, 0.2) is 0 Å². The van der Waals surface area contributed by atoms with Crippen molar-refractivity contribution >= 4 is 16.5 Å². The van der Waals surface area contributed by atoms with Crippen LogP contribution in [0.1, 0.15) is 16.7 Å². The number of phenolic OH excluding ortho intramolecular Hbond substituents is 2. The van der Waals surface area contributed by atoms with Gasteiger partial charge in [0, 0.05) is 23.6 Å². The molecule has 3 aromatic rings. The number of benzene rings is 3. The number of hydrogen-bond donors (Lipinski definition) is 2. The van der Waals surface area contributed by atoms with Gasteiger partial charge >= 0.3 is 0 Å². The predicted octanol–water partition coefficient (Wildman–Crippen LogP) is 3.64. The van der Waals surface area contributed by atoms with E-state index in [4.69, 9.17) is 0 Å². The highest BCUT2D eigenvalue weighted by Crippen LogP contribution is 2.37. The predicted molar refractivity (Wildman–Crippen MR) is 87.9 cm³/mol. The second kappa shape index (κ2) is 4.88. The number of rotatable bonds is 1. The summed E-state index contributed by atoms with van der Waals surface area (Å²) in [6.07, 6.45) is 0.913. The summed E-state index contributed by atoms with van der Waals surface area (Å²) in [5.41, 5.74) is 3.79. The largest absolute Gasteiger partial charge is 0.507 e. The third-order valence-electron chi connectivity index (χ3n) is 4.16. The van der Waals surface area contributed by atoms with E-state index in [-0.39, 0.29) is 11.5 Å². The van der Waals surface area contributed by atoms with Gasteiger partial charge in [0.05, 0.1) is 11.3 Å². The van der Waals surface area contributed by atoms with Crippen LogP contribution in [0.5, 0.6) is 11.5 Å². The summed E-state index contributed by atoms with van der Waals surface area (Å²) < 4.78 is 0. The quantitative estimate of drug-likeness (QED) is 0.718. The molecule has 1 heterocycles. The molecule has 0 bridgehead atoms. The van der Waals surface area contributed by atoms with Crippen molar-refractivity contribution in [2.75, 3.05) is 6.54 Å². The molecule has 0 atom stereocenters. The summed E-state index contributed by atoms with van der Waals surface area (Å²) in [7, 11) is 0. The average molecular weight is 289 g/mol. The van der Waals surface area contributed by atoms with Crippen LogP contribution in [0.3, 0.4) is 0 Å². The molecule has 1 aliphatic rings. The lowest BCUT2D eigenvalue weighted by atomic mass is 9.90. The lowest BCUT2D eigenvalue weighted by Gasteiger charge is -2.19. The van der Waals surface area contributed by atoms with Crippen LogP contribution in [0.25, 0.3) is 10.8 Å².